The number of aryl methyl sites for hydroxylation is 2. The first-order chi connectivity index (χ1) is 11.7. The third kappa shape index (κ3) is 5.29. The molecular formula is C17H16ClF3N2O2. The van der Waals surface area contributed by atoms with Crippen molar-refractivity contribution in [2.24, 2.45) is 0 Å². The van der Waals surface area contributed by atoms with Crippen molar-refractivity contribution in [2.75, 3.05) is 12.0 Å². The second-order valence-electron chi connectivity index (χ2n) is 5.36. The quantitative estimate of drug-likeness (QED) is 0.731. The summed E-state index contributed by atoms with van der Waals surface area (Å²) in [6, 6.07) is 7.90. The van der Waals surface area contributed by atoms with Crippen LogP contribution in [0.1, 0.15) is 16.7 Å². The number of ether oxygens (including phenoxy) is 1. The number of amides is 2. The number of halogens is 4. The molecule has 8 heteroatoms. The second kappa shape index (κ2) is 7.65. The lowest BCUT2D eigenvalue weighted by molar-refractivity contribution is -0.137. The van der Waals surface area contributed by atoms with Crippen molar-refractivity contribution in [2.45, 2.75) is 20.0 Å². The first-order valence-corrected chi connectivity index (χ1v) is 7.66. The Morgan fingerprint density at radius 3 is 2.48 bits per heavy atom. The Balaban J connectivity index is 1.91. The number of nitrogens with one attached hydrogen (secondary N) is 2. The fourth-order valence-electron chi connectivity index (χ4n) is 1.98. The summed E-state index contributed by atoms with van der Waals surface area (Å²) in [4.78, 5) is 11.8. The molecular weight excluding hydrogens is 357 g/mol. The van der Waals surface area contributed by atoms with Gasteiger partial charge >= 0.3 is 12.2 Å². The van der Waals surface area contributed by atoms with Crippen molar-refractivity contribution >= 4 is 23.3 Å². The fourth-order valence-corrected chi connectivity index (χ4v) is 2.21. The summed E-state index contributed by atoms with van der Waals surface area (Å²) in [7, 11) is 0. The lowest BCUT2D eigenvalue weighted by Crippen LogP contribution is -2.32. The van der Waals surface area contributed by atoms with Crippen LogP contribution in [0.4, 0.5) is 23.7 Å². The summed E-state index contributed by atoms with van der Waals surface area (Å²) in [5, 5.41) is 4.27. The highest BCUT2D eigenvalue weighted by Crippen LogP contribution is 2.36. The third-order valence-electron chi connectivity index (χ3n) is 3.48. The van der Waals surface area contributed by atoms with Crippen molar-refractivity contribution in [1.29, 1.82) is 0 Å². The van der Waals surface area contributed by atoms with E-state index < -0.39 is 22.8 Å². The molecule has 0 aromatic heterocycles. The highest BCUT2D eigenvalue weighted by atomic mass is 35.5. The normalized spacial score (nSPS) is 11.1. The Morgan fingerprint density at radius 2 is 1.84 bits per heavy atom. The molecule has 25 heavy (non-hydrogen) atoms. The van der Waals surface area contributed by atoms with E-state index in [9.17, 15) is 18.0 Å². The van der Waals surface area contributed by atoms with Gasteiger partial charge in [-0.1, -0.05) is 17.7 Å². The van der Waals surface area contributed by atoms with Gasteiger partial charge in [-0.3, -0.25) is 0 Å². The summed E-state index contributed by atoms with van der Waals surface area (Å²) in [5.41, 5.74) is 1.11. The van der Waals surface area contributed by atoms with Gasteiger partial charge in [-0.2, -0.15) is 13.2 Å². The topological polar surface area (TPSA) is 50.4 Å². The SMILES string of the molecule is Cc1ccc(OCNC(=O)Nc2ccc(Cl)c(C(F)(F)F)c2)cc1C. The maximum Gasteiger partial charge on any atom is 0.417 e. The largest absolute Gasteiger partial charge is 0.473 e. The Kier molecular flexibility index (Phi) is 5.79. The maximum absolute atomic E-state index is 12.8. The number of alkyl halides is 3. The van der Waals surface area contributed by atoms with Gasteiger partial charge < -0.3 is 15.4 Å². The lowest BCUT2D eigenvalue weighted by Gasteiger charge is -2.13. The fraction of sp³-hybridized carbons (Fsp3) is 0.235. The van der Waals surface area contributed by atoms with Gasteiger partial charge in [0.05, 0.1) is 10.6 Å². The third-order valence-corrected chi connectivity index (χ3v) is 3.81. The number of hydrogen-bond donors (Lipinski definition) is 2. The van der Waals surface area contributed by atoms with Crippen LogP contribution in [-0.2, 0) is 6.18 Å². The van der Waals surface area contributed by atoms with E-state index in [-0.39, 0.29) is 12.4 Å². The predicted molar refractivity (Wildman–Crippen MR) is 90.0 cm³/mol. The number of carbonyl (C=O) groups is 1. The van der Waals surface area contributed by atoms with Gasteiger partial charge in [0.25, 0.3) is 0 Å². The smallest absolute Gasteiger partial charge is 0.417 e. The van der Waals surface area contributed by atoms with E-state index in [4.69, 9.17) is 16.3 Å². The first-order valence-electron chi connectivity index (χ1n) is 7.28. The molecule has 0 bridgehead atoms. The van der Waals surface area contributed by atoms with E-state index in [1.54, 1.807) is 6.07 Å². The van der Waals surface area contributed by atoms with Crippen LogP contribution in [0.3, 0.4) is 0 Å². The molecule has 2 aromatic rings. The summed E-state index contributed by atoms with van der Waals surface area (Å²) in [6.07, 6.45) is -4.60. The first kappa shape index (κ1) is 18.9. The number of hydrogen-bond acceptors (Lipinski definition) is 2. The van der Waals surface area contributed by atoms with Gasteiger partial charge in [0.15, 0.2) is 6.73 Å². The van der Waals surface area contributed by atoms with Gasteiger partial charge in [0, 0.05) is 5.69 Å². The van der Waals surface area contributed by atoms with Crippen LogP contribution in [0.15, 0.2) is 36.4 Å². The van der Waals surface area contributed by atoms with E-state index in [1.165, 1.54) is 6.07 Å². The molecule has 0 saturated heterocycles. The van der Waals surface area contributed by atoms with E-state index in [2.05, 4.69) is 10.6 Å². The van der Waals surface area contributed by atoms with Crippen LogP contribution in [0.25, 0.3) is 0 Å². The molecule has 2 aromatic carbocycles. The molecule has 0 unspecified atom stereocenters. The van der Waals surface area contributed by atoms with E-state index in [1.807, 2.05) is 26.0 Å². The van der Waals surface area contributed by atoms with Gasteiger partial charge in [0.2, 0.25) is 0 Å². The molecule has 0 fully saturated rings. The van der Waals surface area contributed by atoms with Gasteiger partial charge in [-0.15, -0.1) is 0 Å². The minimum Gasteiger partial charge on any atom is -0.473 e. The van der Waals surface area contributed by atoms with Gasteiger partial charge in [-0.05, 0) is 55.3 Å². The molecule has 0 heterocycles. The van der Waals surface area contributed by atoms with Crippen LogP contribution in [0.2, 0.25) is 5.02 Å². The molecule has 0 atom stereocenters. The molecule has 0 aliphatic carbocycles. The van der Waals surface area contributed by atoms with E-state index in [0.29, 0.717) is 5.75 Å². The van der Waals surface area contributed by atoms with Crippen LogP contribution in [0.5, 0.6) is 5.75 Å². The molecule has 2 amide bonds. The Hall–Kier alpha value is -2.41. The van der Waals surface area contributed by atoms with E-state index >= 15 is 0 Å². The molecule has 0 spiro atoms. The standard InChI is InChI=1S/C17H16ClF3N2O2/c1-10-3-5-13(7-11(10)2)25-9-22-16(24)23-12-4-6-15(18)14(8-12)17(19,20)21/h3-8H,9H2,1-2H3,(H2,22,23,24). The van der Waals surface area contributed by atoms with Crippen molar-refractivity contribution in [3.63, 3.8) is 0 Å². The number of rotatable bonds is 4. The minimum absolute atomic E-state index is 0.0274. The second-order valence-corrected chi connectivity index (χ2v) is 5.77. The molecule has 134 valence electrons. The number of carbonyl (C=O) groups excluding carboxylic acids is 1. The zero-order valence-corrected chi connectivity index (χ0v) is 14.3. The lowest BCUT2D eigenvalue weighted by atomic mass is 10.1. The number of anilines is 1. The summed E-state index contributed by atoms with van der Waals surface area (Å²) in [6.45, 7) is 3.77. The highest BCUT2D eigenvalue weighted by Gasteiger charge is 2.33. The molecule has 4 nitrogen and oxygen atoms in total. The van der Waals surface area contributed by atoms with Crippen LogP contribution < -0.4 is 15.4 Å². The van der Waals surface area contributed by atoms with Gasteiger partial charge in [0.1, 0.15) is 5.75 Å². The molecule has 0 aliphatic rings. The maximum atomic E-state index is 12.8. The van der Waals surface area contributed by atoms with Crippen molar-refractivity contribution in [3.8, 4) is 5.75 Å². The van der Waals surface area contributed by atoms with Crippen LogP contribution >= 0.6 is 11.6 Å². The Morgan fingerprint density at radius 1 is 1.12 bits per heavy atom. The summed E-state index contributed by atoms with van der Waals surface area (Å²) < 4.78 is 43.7. The van der Waals surface area contributed by atoms with Gasteiger partial charge in [-0.25, -0.2) is 4.79 Å². The molecule has 0 aliphatic heterocycles. The zero-order chi connectivity index (χ0) is 18.6. The number of urea groups is 1. The summed E-state index contributed by atoms with van der Waals surface area (Å²) in [5.74, 6) is 0.578. The minimum atomic E-state index is -4.60. The summed E-state index contributed by atoms with van der Waals surface area (Å²) >= 11 is 5.52. The molecule has 2 N–H and O–H groups in total. The highest BCUT2D eigenvalue weighted by molar-refractivity contribution is 6.31. The average Bonchev–Trinajstić information content (AvgIpc) is 2.51. The average molecular weight is 373 g/mol. The molecule has 0 saturated carbocycles. The Labute approximate surface area is 147 Å². The van der Waals surface area contributed by atoms with E-state index in [0.717, 1.165) is 23.3 Å². The van der Waals surface area contributed by atoms with Crippen molar-refractivity contribution in [1.82, 2.24) is 5.32 Å². The van der Waals surface area contributed by atoms with Crippen LogP contribution in [-0.4, -0.2) is 12.8 Å². The molecule has 0 radical (unpaired) electrons. The molecule has 2 rings (SSSR count). The Bertz CT molecular complexity index is 779. The van der Waals surface area contributed by atoms with Crippen molar-refractivity contribution < 1.29 is 22.7 Å². The van der Waals surface area contributed by atoms with Crippen molar-refractivity contribution in [3.05, 3.63) is 58.1 Å². The van der Waals surface area contributed by atoms with Crippen LogP contribution in [0, 0.1) is 13.8 Å². The number of benzene rings is 2. The predicted octanol–water partition coefficient (Wildman–Crippen LogP) is 5.13. The zero-order valence-electron chi connectivity index (χ0n) is 13.5. The monoisotopic (exact) mass is 372 g/mol.